The molecule has 2 unspecified atom stereocenters. The average molecular weight is 279 g/mol. The second-order valence-corrected chi connectivity index (χ2v) is 6.44. The number of rotatable bonds is 5. The highest BCUT2D eigenvalue weighted by Crippen LogP contribution is 2.42. The minimum absolute atomic E-state index is 0.105. The van der Waals surface area contributed by atoms with Crippen molar-refractivity contribution in [2.24, 2.45) is 11.7 Å². The Morgan fingerprint density at radius 3 is 2.70 bits per heavy atom. The average Bonchev–Trinajstić information content (AvgIpc) is 2.69. The molecule has 3 N–H and O–H groups in total. The fourth-order valence-corrected chi connectivity index (χ4v) is 2.51. The maximum atomic E-state index is 9.51. The molecule has 4 nitrogen and oxygen atoms in total. The number of aliphatic hydroxyl groups excluding tert-OH is 1. The van der Waals surface area contributed by atoms with Gasteiger partial charge >= 0.3 is 0 Å². The van der Waals surface area contributed by atoms with Crippen LogP contribution in [0.2, 0.25) is 0 Å². The van der Waals surface area contributed by atoms with Crippen molar-refractivity contribution in [2.75, 3.05) is 6.61 Å². The van der Waals surface area contributed by atoms with Gasteiger partial charge in [-0.3, -0.25) is 0 Å². The SMILES string of the molecule is CC(C)C(N)C(CO)Oc1cccc2c1OC(C)(C)C2. The molecule has 1 heterocycles. The number of aliphatic hydroxyl groups is 1. The summed E-state index contributed by atoms with van der Waals surface area (Å²) in [6.45, 7) is 8.05. The van der Waals surface area contributed by atoms with Gasteiger partial charge in [0.2, 0.25) is 0 Å². The van der Waals surface area contributed by atoms with E-state index in [1.807, 2.05) is 32.0 Å². The molecule has 0 saturated heterocycles. The number of fused-ring (bicyclic) bond motifs is 1. The summed E-state index contributed by atoms with van der Waals surface area (Å²) in [5.74, 6) is 1.69. The molecule has 0 spiro atoms. The van der Waals surface area contributed by atoms with Crippen LogP contribution in [0.15, 0.2) is 18.2 Å². The molecule has 20 heavy (non-hydrogen) atoms. The first kappa shape index (κ1) is 15.1. The molecule has 1 aliphatic rings. The van der Waals surface area contributed by atoms with Crippen molar-refractivity contribution < 1.29 is 14.6 Å². The van der Waals surface area contributed by atoms with Crippen LogP contribution in [0.1, 0.15) is 33.3 Å². The first-order chi connectivity index (χ1) is 9.34. The summed E-state index contributed by atoms with van der Waals surface area (Å²) in [5.41, 5.74) is 7.02. The third-order valence-corrected chi connectivity index (χ3v) is 3.71. The van der Waals surface area contributed by atoms with Crippen LogP contribution in [0.5, 0.6) is 11.5 Å². The van der Waals surface area contributed by atoms with Crippen LogP contribution in [-0.2, 0) is 6.42 Å². The van der Waals surface area contributed by atoms with Crippen molar-refractivity contribution in [1.82, 2.24) is 0 Å². The van der Waals surface area contributed by atoms with Crippen molar-refractivity contribution in [2.45, 2.75) is 51.9 Å². The van der Waals surface area contributed by atoms with Gasteiger partial charge in [0.1, 0.15) is 11.7 Å². The number of benzene rings is 1. The van der Waals surface area contributed by atoms with E-state index in [2.05, 4.69) is 13.8 Å². The molecule has 0 aromatic heterocycles. The van der Waals surface area contributed by atoms with E-state index in [4.69, 9.17) is 15.2 Å². The molecule has 0 bridgehead atoms. The molecular weight excluding hydrogens is 254 g/mol. The molecule has 0 radical (unpaired) electrons. The smallest absolute Gasteiger partial charge is 0.165 e. The predicted octanol–water partition coefficient (Wildman–Crippen LogP) is 2.12. The van der Waals surface area contributed by atoms with E-state index in [1.165, 1.54) is 0 Å². The van der Waals surface area contributed by atoms with Crippen LogP contribution in [0, 0.1) is 5.92 Å². The molecule has 1 aromatic carbocycles. The van der Waals surface area contributed by atoms with Crippen LogP contribution in [0.25, 0.3) is 0 Å². The van der Waals surface area contributed by atoms with E-state index >= 15 is 0 Å². The zero-order valence-electron chi connectivity index (χ0n) is 12.7. The highest BCUT2D eigenvalue weighted by Gasteiger charge is 2.33. The van der Waals surface area contributed by atoms with Gasteiger partial charge in [-0.25, -0.2) is 0 Å². The molecular formula is C16H25NO3. The Morgan fingerprint density at radius 2 is 2.10 bits per heavy atom. The molecule has 0 fully saturated rings. The van der Waals surface area contributed by atoms with Crippen LogP contribution in [0.4, 0.5) is 0 Å². The monoisotopic (exact) mass is 279 g/mol. The number of hydrogen-bond donors (Lipinski definition) is 2. The first-order valence-corrected chi connectivity index (χ1v) is 7.18. The summed E-state index contributed by atoms with van der Waals surface area (Å²) >= 11 is 0. The Balaban J connectivity index is 2.21. The van der Waals surface area contributed by atoms with Crippen LogP contribution in [0.3, 0.4) is 0 Å². The van der Waals surface area contributed by atoms with Crippen LogP contribution >= 0.6 is 0 Å². The lowest BCUT2D eigenvalue weighted by atomic mass is 9.99. The summed E-state index contributed by atoms with van der Waals surface area (Å²) in [6, 6.07) is 5.66. The van der Waals surface area contributed by atoms with Crippen molar-refractivity contribution in [3.63, 3.8) is 0 Å². The zero-order valence-corrected chi connectivity index (χ0v) is 12.7. The summed E-state index contributed by atoms with van der Waals surface area (Å²) in [6.07, 6.45) is 0.438. The fourth-order valence-electron chi connectivity index (χ4n) is 2.51. The summed E-state index contributed by atoms with van der Waals surface area (Å²) in [5, 5.41) is 9.51. The minimum Gasteiger partial charge on any atom is -0.483 e. The highest BCUT2D eigenvalue weighted by atomic mass is 16.5. The fraction of sp³-hybridized carbons (Fsp3) is 0.625. The van der Waals surface area contributed by atoms with Gasteiger partial charge in [-0.05, 0) is 25.8 Å². The van der Waals surface area contributed by atoms with E-state index in [0.29, 0.717) is 5.75 Å². The van der Waals surface area contributed by atoms with E-state index in [0.717, 1.165) is 17.7 Å². The van der Waals surface area contributed by atoms with Crippen molar-refractivity contribution in [1.29, 1.82) is 0 Å². The maximum Gasteiger partial charge on any atom is 0.165 e. The molecule has 0 amide bonds. The Kier molecular flexibility index (Phi) is 4.25. The number of para-hydroxylation sites is 1. The van der Waals surface area contributed by atoms with Crippen LogP contribution < -0.4 is 15.2 Å². The summed E-state index contributed by atoms with van der Waals surface area (Å²) in [7, 11) is 0. The molecule has 2 atom stereocenters. The van der Waals surface area contributed by atoms with E-state index in [1.54, 1.807) is 0 Å². The number of hydrogen-bond acceptors (Lipinski definition) is 4. The Hall–Kier alpha value is -1.26. The Labute approximate surface area is 120 Å². The lowest BCUT2D eigenvalue weighted by Crippen LogP contribution is -2.45. The molecule has 0 aliphatic carbocycles. The van der Waals surface area contributed by atoms with E-state index < -0.39 is 6.10 Å². The standard InChI is InChI=1S/C16H25NO3/c1-10(2)14(17)13(9-18)19-12-7-5-6-11-8-16(3,4)20-15(11)12/h5-7,10,13-14,18H,8-9,17H2,1-4H3. The van der Waals surface area contributed by atoms with Gasteiger partial charge in [0.25, 0.3) is 0 Å². The van der Waals surface area contributed by atoms with Gasteiger partial charge < -0.3 is 20.3 Å². The summed E-state index contributed by atoms with van der Waals surface area (Å²) < 4.78 is 11.9. The lowest BCUT2D eigenvalue weighted by molar-refractivity contribution is 0.0724. The third-order valence-electron chi connectivity index (χ3n) is 3.71. The van der Waals surface area contributed by atoms with Crippen molar-refractivity contribution in [3.05, 3.63) is 23.8 Å². The molecule has 2 rings (SSSR count). The zero-order chi connectivity index (χ0) is 14.9. The molecule has 0 saturated carbocycles. The Morgan fingerprint density at radius 1 is 1.40 bits per heavy atom. The van der Waals surface area contributed by atoms with Crippen LogP contribution in [-0.4, -0.2) is 29.5 Å². The van der Waals surface area contributed by atoms with E-state index in [-0.39, 0.29) is 24.2 Å². The maximum absolute atomic E-state index is 9.51. The van der Waals surface area contributed by atoms with Crippen molar-refractivity contribution >= 4 is 0 Å². The molecule has 1 aromatic rings. The third kappa shape index (κ3) is 3.07. The quantitative estimate of drug-likeness (QED) is 0.866. The molecule has 4 heteroatoms. The lowest BCUT2D eigenvalue weighted by Gasteiger charge is -2.27. The molecule has 112 valence electrons. The normalized spacial score (nSPS) is 19.4. The largest absolute Gasteiger partial charge is 0.483 e. The van der Waals surface area contributed by atoms with Gasteiger partial charge in [0, 0.05) is 18.0 Å². The topological polar surface area (TPSA) is 64.7 Å². The predicted molar refractivity (Wildman–Crippen MR) is 79.2 cm³/mol. The van der Waals surface area contributed by atoms with Gasteiger partial charge in [-0.1, -0.05) is 26.0 Å². The number of ether oxygens (including phenoxy) is 2. The Bertz CT molecular complexity index is 471. The second-order valence-electron chi connectivity index (χ2n) is 6.44. The minimum atomic E-state index is -0.422. The summed E-state index contributed by atoms with van der Waals surface area (Å²) in [4.78, 5) is 0. The molecule has 1 aliphatic heterocycles. The second kappa shape index (κ2) is 5.62. The number of nitrogens with two attached hydrogens (primary N) is 1. The van der Waals surface area contributed by atoms with Crippen molar-refractivity contribution in [3.8, 4) is 11.5 Å². The van der Waals surface area contributed by atoms with Gasteiger partial charge in [-0.2, -0.15) is 0 Å². The van der Waals surface area contributed by atoms with Gasteiger partial charge in [-0.15, -0.1) is 0 Å². The van der Waals surface area contributed by atoms with E-state index in [9.17, 15) is 5.11 Å². The first-order valence-electron chi connectivity index (χ1n) is 7.18. The van der Waals surface area contributed by atoms with Gasteiger partial charge in [0.05, 0.1) is 6.61 Å². The highest BCUT2D eigenvalue weighted by molar-refractivity contribution is 5.50. The van der Waals surface area contributed by atoms with Gasteiger partial charge in [0.15, 0.2) is 11.5 Å².